The number of carbonyl (C=O) groups is 1. The number of ether oxygens (including phenoxy) is 1. The zero-order valence-corrected chi connectivity index (χ0v) is 10.7. The number of carbonyl (C=O) groups excluding carboxylic acids is 1. The molecule has 0 aliphatic carbocycles. The molecule has 0 unspecified atom stereocenters. The van der Waals surface area contributed by atoms with Gasteiger partial charge in [-0.3, -0.25) is 0 Å². The van der Waals surface area contributed by atoms with Gasteiger partial charge in [0.25, 0.3) is 0 Å². The van der Waals surface area contributed by atoms with Crippen molar-refractivity contribution in [2.75, 3.05) is 7.05 Å². The van der Waals surface area contributed by atoms with E-state index in [1.54, 1.807) is 12.1 Å². The van der Waals surface area contributed by atoms with Crippen molar-refractivity contribution in [1.82, 2.24) is 9.88 Å². The first-order valence-electron chi connectivity index (χ1n) is 5.77. The molecule has 2 aromatic rings. The summed E-state index contributed by atoms with van der Waals surface area (Å²) in [5, 5.41) is 2.41. The van der Waals surface area contributed by atoms with Gasteiger partial charge in [-0.1, -0.05) is 0 Å². The van der Waals surface area contributed by atoms with Crippen LogP contribution in [-0.4, -0.2) is 17.7 Å². The third-order valence-electron chi connectivity index (χ3n) is 2.78. The van der Waals surface area contributed by atoms with Crippen molar-refractivity contribution in [2.45, 2.75) is 13.8 Å². The molecule has 1 aromatic heterocycles. The van der Waals surface area contributed by atoms with E-state index in [0.717, 1.165) is 5.69 Å². The lowest BCUT2D eigenvalue weighted by Crippen LogP contribution is -2.21. The van der Waals surface area contributed by atoms with E-state index in [4.69, 9.17) is 4.74 Å². The Morgan fingerprint density at radius 1 is 1.06 bits per heavy atom. The fourth-order valence-corrected chi connectivity index (χ4v) is 1.90. The lowest BCUT2D eigenvalue weighted by Gasteiger charge is -2.10. The summed E-state index contributed by atoms with van der Waals surface area (Å²) in [6.07, 6.45) is -0.462. The Balaban J connectivity index is 2.25. The van der Waals surface area contributed by atoms with Crippen LogP contribution in [0.15, 0.2) is 36.4 Å². The smallest absolute Gasteiger partial charge is 0.410 e. The van der Waals surface area contributed by atoms with Crippen molar-refractivity contribution in [3.63, 3.8) is 0 Å². The first kappa shape index (κ1) is 12.2. The van der Waals surface area contributed by atoms with Gasteiger partial charge in [0.15, 0.2) is 0 Å². The fraction of sp³-hybridized carbons (Fsp3) is 0.214. The number of nitrogens with zero attached hydrogens (tertiary/aromatic N) is 1. The van der Waals surface area contributed by atoms with Crippen LogP contribution in [0.5, 0.6) is 5.75 Å². The van der Waals surface area contributed by atoms with Crippen LogP contribution < -0.4 is 10.1 Å². The van der Waals surface area contributed by atoms with Gasteiger partial charge in [-0.15, -0.1) is 0 Å². The number of amides is 1. The predicted molar refractivity (Wildman–Crippen MR) is 70.3 cm³/mol. The van der Waals surface area contributed by atoms with Crippen LogP contribution in [0.25, 0.3) is 5.69 Å². The van der Waals surface area contributed by atoms with Crippen molar-refractivity contribution >= 4 is 6.09 Å². The molecule has 1 heterocycles. The lowest BCUT2D eigenvalue weighted by molar-refractivity contribution is 0.203. The molecule has 18 heavy (non-hydrogen) atoms. The van der Waals surface area contributed by atoms with Crippen LogP contribution in [0, 0.1) is 13.8 Å². The summed E-state index contributed by atoms with van der Waals surface area (Å²) in [4.78, 5) is 11.1. The number of aryl methyl sites for hydroxylation is 2. The minimum absolute atomic E-state index is 0.462. The first-order chi connectivity index (χ1) is 8.61. The van der Waals surface area contributed by atoms with E-state index in [1.165, 1.54) is 18.4 Å². The quantitative estimate of drug-likeness (QED) is 0.882. The summed E-state index contributed by atoms with van der Waals surface area (Å²) in [6.45, 7) is 4.11. The number of benzene rings is 1. The molecule has 0 radical (unpaired) electrons. The highest BCUT2D eigenvalue weighted by molar-refractivity contribution is 5.70. The average molecular weight is 244 g/mol. The third-order valence-corrected chi connectivity index (χ3v) is 2.78. The van der Waals surface area contributed by atoms with Crippen LogP contribution in [0.2, 0.25) is 0 Å². The van der Waals surface area contributed by atoms with Crippen molar-refractivity contribution in [3.8, 4) is 11.4 Å². The second-order valence-corrected chi connectivity index (χ2v) is 4.08. The molecule has 2 rings (SSSR count). The Bertz CT molecular complexity index is 536. The van der Waals surface area contributed by atoms with Crippen LogP contribution >= 0.6 is 0 Å². The summed E-state index contributed by atoms with van der Waals surface area (Å²) < 4.78 is 7.18. The van der Waals surface area contributed by atoms with Gasteiger partial charge in [0.05, 0.1) is 0 Å². The van der Waals surface area contributed by atoms with Crippen molar-refractivity contribution in [2.24, 2.45) is 0 Å². The average Bonchev–Trinajstić information content (AvgIpc) is 2.70. The maximum absolute atomic E-state index is 11.1. The summed E-state index contributed by atoms with van der Waals surface area (Å²) in [5.74, 6) is 0.528. The second kappa shape index (κ2) is 4.96. The Labute approximate surface area is 106 Å². The minimum Gasteiger partial charge on any atom is -0.410 e. The summed E-state index contributed by atoms with van der Waals surface area (Å²) in [6, 6.07) is 11.6. The van der Waals surface area contributed by atoms with E-state index in [1.807, 2.05) is 12.1 Å². The van der Waals surface area contributed by atoms with Gasteiger partial charge < -0.3 is 14.6 Å². The molecule has 4 heteroatoms. The van der Waals surface area contributed by atoms with Gasteiger partial charge in [0, 0.05) is 24.1 Å². The Morgan fingerprint density at radius 3 is 2.11 bits per heavy atom. The van der Waals surface area contributed by atoms with E-state index in [2.05, 4.69) is 35.9 Å². The highest BCUT2D eigenvalue weighted by atomic mass is 16.5. The molecule has 1 amide bonds. The number of aromatic nitrogens is 1. The highest BCUT2D eigenvalue weighted by Crippen LogP contribution is 2.19. The molecule has 0 saturated carbocycles. The fourth-order valence-electron chi connectivity index (χ4n) is 1.90. The van der Waals surface area contributed by atoms with E-state index in [9.17, 15) is 4.79 Å². The molecule has 4 nitrogen and oxygen atoms in total. The predicted octanol–water partition coefficient (Wildman–Crippen LogP) is 2.81. The molecule has 1 N–H and O–H groups in total. The molecule has 0 bridgehead atoms. The van der Waals surface area contributed by atoms with E-state index in [0.29, 0.717) is 5.75 Å². The molecule has 1 aromatic carbocycles. The number of nitrogens with one attached hydrogen (secondary N) is 1. The molecular weight excluding hydrogens is 228 g/mol. The zero-order chi connectivity index (χ0) is 13.1. The maximum Gasteiger partial charge on any atom is 0.412 e. The van der Waals surface area contributed by atoms with Crippen molar-refractivity contribution in [3.05, 3.63) is 47.8 Å². The van der Waals surface area contributed by atoms with Crippen LogP contribution in [0.4, 0.5) is 4.79 Å². The van der Waals surface area contributed by atoms with Gasteiger partial charge in [0.1, 0.15) is 5.75 Å². The topological polar surface area (TPSA) is 43.3 Å². The molecule has 94 valence electrons. The molecule has 0 saturated heterocycles. The van der Waals surface area contributed by atoms with Crippen molar-refractivity contribution in [1.29, 1.82) is 0 Å². The molecule has 0 aliphatic heterocycles. The van der Waals surface area contributed by atoms with E-state index in [-0.39, 0.29) is 0 Å². The van der Waals surface area contributed by atoms with Gasteiger partial charge in [-0.2, -0.15) is 0 Å². The van der Waals surface area contributed by atoms with E-state index >= 15 is 0 Å². The highest BCUT2D eigenvalue weighted by Gasteiger charge is 2.05. The normalized spacial score (nSPS) is 10.2. The number of rotatable bonds is 2. The Morgan fingerprint density at radius 2 is 1.61 bits per heavy atom. The molecule has 0 spiro atoms. The first-order valence-corrected chi connectivity index (χ1v) is 5.77. The second-order valence-electron chi connectivity index (χ2n) is 4.08. The number of hydrogen-bond donors (Lipinski definition) is 1. The van der Waals surface area contributed by atoms with Gasteiger partial charge in [-0.05, 0) is 50.2 Å². The van der Waals surface area contributed by atoms with Crippen LogP contribution in [-0.2, 0) is 0 Å². The standard InChI is InChI=1S/C14H16N2O2/c1-10-4-5-11(2)16(10)12-6-8-13(9-7-12)18-14(17)15-3/h4-9H,1-3H3,(H,15,17). The zero-order valence-electron chi connectivity index (χ0n) is 10.7. The van der Waals surface area contributed by atoms with E-state index < -0.39 is 6.09 Å². The van der Waals surface area contributed by atoms with Gasteiger partial charge in [0.2, 0.25) is 0 Å². The van der Waals surface area contributed by atoms with Gasteiger partial charge >= 0.3 is 6.09 Å². The minimum atomic E-state index is -0.462. The van der Waals surface area contributed by atoms with Crippen LogP contribution in [0.3, 0.4) is 0 Å². The SMILES string of the molecule is CNC(=O)Oc1ccc(-n2c(C)ccc2C)cc1. The monoisotopic (exact) mass is 244 g/mol. The molecule has 0 atom stereocenters. The van der Waals surface area contributed by atoms with Crippen LogP contribution in [0.1, 0.15) is 11.4 Å². The summed E-state index contributed by atoms with van der Waals surface area (Å²) in [7, 11) is 1.53. The third kappa shape index (κ3) is 2.37. The maximum atomic E-state index is 11.1. The van der Waals surface area contributed by atoms with Crippen molar-refractivity contribution < 1.29 is 9.53 Å². The Hall–Kier alpha value is -2.23. The lowest BCUT2D eigenvalue weighted by atomic mass is 10.3. The molecular formula is C14H16N2O2. The largest absolute Gasteiger partial charge is 0.412 e. The molecule has 0 fully saturated rings. The number of hydrogen-bond acceptors (Lipinski definition) is 2. The summed E-state index contributed by atoms with van der Waals surface area (Å²) in [5.41, 5.74) is 3.40. The Kier molecular flexibility index (Phi) is 3.37. The molecule has 0 aliphatic rings. The van der Waals surface area contributed by atoms with Gasteiger partial charge in [-0.25, -0.2) is 4.79 Å². The summed E-state index contributed by atoms with van der Waals surface area (Å²) >= 11 is 0.